The number of rotatable bonds is 21. The van der Waals surface area contributed by atoms with E-state index in [1.807, 2.05) is 0 Å². The van der Waals surface area contributed by atoms with Crippen LogP contribution in [0.15, 0.2) is 42.9 Å². The van der Waals surface area contributed by atoms with E-state index < -0.39 is 114 Å². The van der Waals surface area contributed by atoms with Crippen LogP contribution in [0.3, 0.4) is 0 Å². The zero-order valence-corrected chi connectivity index (χ0v) is 34.4. The predicted molar refractivity (Wildman–Crippen MR) is 216 cm³/mol. The summed E-state index contributed by atoms with van der Waals surface area (Å²) in [7, 11) is 0. The number of aromatic amines is 1. The molecule has 0 radical (unpaired) electrons. The van der Waals surface area contributed by atoms with Crippen LogP contribution < -0.4 is 32.3 Å². The molecule has 21 heteroatoms. The van der Waals surface area contributed by atoms with Crippen molar-refractivity contribution in [3.05, 3.63) is 54.1 Å². The fourth-order valence-corrected chi connectivity index (χ4v) is 7.31. The number of aliphatic carboxylic acids is 2. The minimum Gasteiger partial charge on any atom is -0.481 e. The first-order chi connectivity index (χ1) is 29.0. The van der Waals surface area contributed by atoms with Crippen LogP contribution in [0.25, 0.3) is 0 Å². The number of imidazole rings is 1. The van der Waals surface area contributed by atoms with Gasteiger partial charge in [0, 0.05) is 37.8 Å². The van der Waals surface area contributed by atoms with Crippen LogP contribution >= 0.6 is 0 Å². The van der Waals surface area contributed by atoms with Crippen molar-refractivity contribution in [1.82, 2.24) is 46.4 Å². The van der Waals surface area contributed by atoms with E-state index in [1.54, 1.807) is 44.2 Å². The molecule has 4 rings (SSSR count). The van der Waals surface area contributed by atoms with E-state index in [0.717, 1.165) is 0 Å². The van der Waals surface area contributed by atoms with Crippen molar-refractivity contribution < 1.29 is 53.4 Å². The summed E-state index contributed by atoms with van der Waals surface area (Å²) in [6.07, 6.45) is 4.13. The molecule has 2 fully saturated rings. The van der Waals surface area contributed by atoms with E-state index in [9.17, 15) is 48.3 Å². The summed E-state index contributed by atoms with van der Waals surface area (Å²) in [5.74, 6) is -7.74. The second kappa shape index (κ2) is 22.3. The summed E-state index contributed by atoms with van der Waals surface area (Å²) in [5.41, 5.74) is 6.91. The fourth-order valence-electron chi connectivity index (χ4n) is 7.31. The molecule has 1 aromatic heterocycles. The smallest absolute Gasteiger partial charge is 0.326 e. The summed E-state index contributed by atoms with van der Waals surface area (Å²) < 4.78 is 0. The third-order valence-corrected chi connectivity index (χ3v) is 10.9. The van der Waals surface area contributed by atoms with E-state index in [4.69, 9.17) is 10.8 Å². The molecule has 2 aliphatic rings. The monoisotopic (exact) mass is 852 g/mol. The zero-order valence-electron chi connectivity index (χ0n) is 34.4. The molecule has 2 aliphatic heterocycles. The predicted octanol–water partition coefficient (Wildman–Crippen LogP) is -1.82. The Balaban J connectivity index is 1.38. The van der Waals surface area contributed by atoms with E-state index in [1.165, 1.54) is 29.2 Å². The maximum atomic E-state index is 14.2. The number of carbonyl (C=O) groups excluding carboxylic acids is 7. The molecule has 3 heterocycles. The maximum absolute atomic E-state index is 14.2. The van der Waals surface area contributed by atoms with Crippen molar-refractivity contribution >= 4 is 53.3 Å². The first-order valence-electron chi connectivity index (χ1n) is 20.3. The van der Waals surface area contributed by atoms with Gasteiger partial charge in [0.2, 0.25) is 41.4 Å². The highest BCUT2D eigenvalue weighted by Gasteiger charge is 2.41. The number of nitrogens with two attached hydrogens (primary N) is 1. The Kier molecular flexibility index (Phi) is 17.3. The SMILES string of the molecule is CC[C@H](C)[C@H](NC(=O)[C@H](C)NC(=O)CNC(=O)[C@@H]1CCCN1C(=O)[C@@H](N)CC(=O)O)C(=O)N[C@@H](Cc1cnc[nH]1)C(=O)N1CCC[C@H]1C(=O)N[C@@H](Cc1ccccc1)C(=O)O. The molecule has 0 spiro atoms. The number of carbonyl (C=O) groups is 9. The van der Waals surface area contributed by atoms with Gasteiger partial charge >= 0.3 is 11.9 Å². The average Bonchev–Trinajstić information content (AvgIpc) is 4.04. The fraction of sp³-hybridized carbons (Fsp3) is 0.550. The standard InChI is InChI=1S/C40H56N10O11/c1-4-22(2)33(48-34(54)23(3)45-31(51)20-43-35(55)29-12-8-14-49(29)38(58)26(41)18-32(52)53)37(57)46-27(17-25-19-42-21-44-25)39(59)50-15-9-13-30(50)36(56)47-28(40(60)61)16-24-10-6-5-7-11-24/h5-7,10-11,19,21-23,26-30,33H,4,8-9,12-18,20,41H2,1-3H3,(H,42,44)(H,43,55)(H,45,51)(H,46,57)(H,47,56)(H,48,54)(H,52,53)(H,60,61)/t22-,23-,26-,27-,28-,29-,30-,33-/m0/s1. The molecule has 8 atom stereocenters. The first-order valence-corrected chi connectivity index (χ1v) is 20.3. The van der Waals surface area contributed by atoms with Gasteiger partial charge in [-0.15, -0.1) is 0 Å². The van der Waals surface area contributed by atoms with Crippen molar-refractivity contribution in [3.8, 4) is 0 Å². The molecule has 2 saturated heterocycles. The summed E-state index contributed by atoms with van der Waals surface area (Å²) in [6.45, 7) is 4.70. The van der Waals surface area contributed by atoms with Crippen molar-refractivity contribution in [2.45, 2.75) is 114 Å². The Morgan fingerprint density at radius 3 is 2.05 bits per heavy atom. The first kappa shape index (κ1) is 47.3. The minimum atomic E-state index is -1.33. The average molecular weight is 853 g/mol. The number of carboxylic acid groups (broad SMARTS) is 2. The highest BCUT2D eigenvalue weighted by molar-refractivity contribution is 5.97. The van der Waals surface area contributed by atoms with Crippen molar-refractivity contribution in [3.63, 3.8) is 0 Å². The lowest BCUT2D eigenvalue weighted by molar-refractivity contribution is -0.145. The number of likely N-dealkylation sites (tertiary alicyclic amines) is 2. The second-order valence-corrected chi connectivity index (χ2v) is 15.4. The summed E-state index contributed by atoms with van der Waals surface area (Å²) >= 11 is 0. The number of nitrogens with one attached hydrogen (secondary N) is 6. The second-order valence-electron chi connectivity index (χ2n) is 15.4. The zero-order chi connectivity index (χ0) is 44.8. The van der Waals surface area contributed by atoms with Gasteiger partial charge in [-0.05, 0) is 44.1 Å². The van der Waals surface area contributed by atoms with Crippen LogP contribution in [0.2, 0.25) is 0 Å². The van der Waals surface area contributed by atoms with Gasteiger partial charge in [-0.3, -0.25) is 38.4 Å². The normalized spacial score (nSPS) is 19.0. The molecule has 21 nitrogen and oxygen atoms in total. The Hall–Kier alpha value is -6.38. The number of benzene rings is 1. The van der Waals surface area contributed by atoms with Gasteiger partial charge in [0.1, 0.15) is 36.3 Å². The van der Waals surface area contributed by atoms with E-state index in [-0.39, 0.29) is 38.8 Å². The Morgan fingerprint density at radius 2 is 1.46 bits per heavy atom. The number of amides is 7. The molecular formula is C40H56N10O11. The van der Waals surface area contributed by atoms with Gasteiger partial charge in [-0.1, -0.05) is 50.6 Å². The van der Waals surface area contributed by atoms with Gasteiger partial charge < -0.3 is 57.3 Å². The lowest BCUT2D eigenvalue weighted by Crippen LogP contribution is -2.60. The van der Waals surface area contributed by atoms with Crippen LogP contribution in [-0.4, -0.2) is 145 Å². The van der Waals surface area contributed by atoms with Crippen LogP contribution in [0.1, 0.15) is 70.6 Å². The number of hydrogen-bond acceptors (Lipinski definition) is 11. The lowest BCUT2D eigenvalue weighted by Gasteiger charge is -2.31. The summed E-state index contributed by atoms with van der Waals surface area (Å²) in [4.78, 5) is 126. The van der Waals surface area contributed by atoms with Crippen molar-refractivity contribution in [1.29, 1.82) is 0 Å². The molecule has 0 aliphatic carbocycles. The molecule has 0 bridgehead atoms. The number of H-pyrrole nitrogens is 1. The van der Waals surface area contributed by atoms with Gasteiger partial charge in [-0.2, -0.15) is 0 Å². The topological polar surface area (TPSA) is 315 Å². The molecule has 61 heavy (non-hydrogen) atoms. The largest absolute Gasteiger partial charge is 0.481 e. The van der Waals surface area contributed by atoms with Crippen LogP contribution in [0.5, 0.6) is 0 Å². The molecule has 7 amide bonds. The van der Waals surface area contributed by atoms with Gasteiger partial charge in [0.15, 0.2) is 0 Å². The Morgan fingerprint density at radius 1 is 0.820 bits per heavy atom. The number of aromatic nitrogens is 2. The Bertz CT molecular complexity index is 1900. The maximum Gasteiger partial charge on any atom is 0.326 e. The van der Waals surface area contributed by atoms with Gasteiger partial charge in [-0.25, -0.2) is 9.78 Å². The van der Waals surface area contributed by atoms with E-state index in [2.05, 4.69) is 36.6 Å². The van der Waals surface area contributed by atoms with E-state index >= 15 is 0 Å². The molecule has 2 aromatic rings. The third kappa shape index (κ3) is 13.3. The number of hydrogen-bond donors (Lipinski definition) is 9. The van der Waals surface area contributed by atoms with Crippen molar-refractivity contribution in [2.24, 2.45) is 11.7 Å². The highest BCUT2D eigenvalue weighted by Crippen LogP contribution is 2.21. The molecule has 332 valence electrons. The third-order valence-electron chi connectivity index (χ3n) is 10.9. The van der Waals surface area contributed by atoms with E-state index in [0.29, 0.717) is 30.5 Å². The molecule has 1 aromatic carbocycles. The van der Waals surface area contributed by atoms with Crippen molar-refractivity contribution in [2.75, 3.05) is 19.6 Å². The van der Waals surface area contributed by atoms with Gasteiger partial charge in [0.05, 0.1) is 25.3 Å². The molecule has 0 saturated carbocycles. The van der Waals surface area contributed by atoms with Crippen LogP contribution in [0, 0.1) is 5.92 Å². The molecular weight excluding hydrogens is 796 g/mol. The summed E-state index contributed by atoms with van der Waals surface area (Å²) in [5, 5.41) is 31.7. The Labute approximate surface area is 352 Å². The number of carboxylic acids is 2. The highest BCUT2D eigenvalue weighted by atomic mass is 16.4. The molecule has 0 unspecified atom stereocenters. The molecule has 10 N–H and O–H groups in total. The van der Waals surface area contributed by atoms with Crippen LogP contribution in [-0.2, 0) is 56.0 Å². The lowest BCUT2D eigenvalue weighted by atomic mass is 9.97. The minimum absolute atomic E-state index is 0.0277. The van der Waals surface area contributed by atoms with Gasteiger partial charge in [0.25, 0.3) is 0 Å². The summed E-state index contributed by atoms with van der Waals surface area (Å²) in [6, 6.07) is 0.637. The number of nitrogens with zero attached hydrogens (tertiary/aromatic N) is 3. The van der Waals surface area contributed by atoms with Crippen LogP contribution in [0.4, 0.5) is 0 Å². The quantitative estimate of drug-likeness (QED) is 0.0670.